The average Bonchev–Trinajstić information content (AvgIpc) is 3.14. The molecule has 10 nitrogen and oxygen atoms in total. The summed E-state index contributed by atoms with van der Waals surface area (Å²) in [6, 6.07) is 30.6. The van der Waals surface area contributed by atoms with E-state index in [1.807, 2.05) is 42.5 Å². The Morgan fingerprint density at radius 1 is 0.620 bits per heavy atom. The predicted molar refractivity (Wildman–Crippen MR) is 188 cm³/mol. The van der Waals surface area contributed by atoms with E-state index in [0.29, 0.717) is 34.2 Å². The van der Waals surface area contributed by atoms with Crippen LogP contribution in [0.3, 0.4) is 0 Å². The van der Waals surface area contributed by atoms with Gasteiger partial charge in [0.1, 0.15) is 13.2 Å². The molecule has 0 radical (unpaired) electrons. The summed E-state index contributed by atoms with van der Waals surface area (Å²) in [5, 5.41) is 0.586. The number of fused-ring (bicyclic) bond motifs is 2. The first-order valence-electron chi connectivity index (χ1n) is 15.6. The Hall–Kier alpha value is -5.59. The largest absolute Gasteiger partial charge is 0.508 e. The van der Waals surface area contributed by atoms with E-state index in [0.717, 1.165) is 10.3 Å². The molecule has 0 unspecified atom stereocenters. The first kappa shape index (κ1) is 34.3. The molecule has 0 fully saturated rings. The van der Waals surface area contributed by atoms with Gasteiger partial charge in [-0.05, 0) is 48.2 Å². The smallest absolute Gasteiger partial charge is 0.434 e. The molecule has 1 aliphatic rings. The van der Waals surface area contributed by atoms with Gasteiger partial charge in [0.05, 0.1) is 27.9 Å². The van der Waals surface area contributed by atoms with Crippen molar-refractivity contribution in [2.75, 3.05) is 19.8 Å². The lowest BCUT2D eigenvalue weighted by Gasteiger charge is -2.22. The van der Waals surface area contributed by atoms with Crippen molar-refractivity contribution in [2.24, 2.45) is 0 Å². The average molecular weight is 711 g/mol. The van der Waals surface area contributed by atoms with Crippen molar-refractivity contribution < 1.29 is 41.7 Å². The fourth-order valence-corrected chi connectivity index (χ4v) is 8.28. The standard InChI is InChI=1S/C38H30O10S2/c39-35-27-17-7-9-19-29(27)49-30(33(35)25-13-3-1-4-14-25)23-47-37(41)45-21-11-12-22-46-38(42)48-24-32-34(26-15-5-2-6-16-26)36(40)28-18-8-10-20-31(28)50(32,43)44/h1-10,13-20H,11-12,21-24H2. The first-order valence-corrected chi connectivity index (χ1v) is 17.9. The maximum absolute atomic E-state index is 13.5. The van der Waals surface area contributed by atoms with E-state index < -0.39 is 34.5 Å². The van der Waals surface area contributed by atoms with Crippen LogP contribution >= 0.6 is 11.3 Å². The second-order valence-corrected chi connectivity index (χ2v) is 14.1. The molecule has 0 saturated carbocycles. The molecule has 5 aromatic rings. The quantitative estimate of drug-likeness (QED) is 0.0995. The van der Waals surface area contributed by atoms with Gasteiger partial charge < -0.3 is 18.9 Å². The maximum Gasteiger partial charge on any atom is 0.508 e. The summed E-state index contributed by atoms with van der Waals surface area (Å²) in [7, 11) is -4.15. The number of ether oxygens (including phenoxy) is 4. The van der Waals surface area contributed by atoms with E-state index in [-0.39, 0.29) is 46.2 Å². The van der Waals surface area contributed by atoms with Gasteiger partial charge in [0.15, 0.2) is 11.2 Å². The van der Waals surface area contributed by atoms with Gasteiger partial charge >= 0.3 is 12.3 Å². The number of Topliss-reactive ketones (excluding diaryl/α,β-unsaturated/α-hetero) is 1. The van der Waals surface area contributed by atoms with E-state index in [1.165, 1.54) is 29.5 Å². The summed E-state index contributed by atoms with van der Waals surface area (Å²) in [5.41, 5.74) is 1.40. The molecular formula is C38H30O10S2. The molecule has 0 bridgehead atoms. The Morgan fingerprint density at radius 2 is 1.18 bits per heavy atom. The minimum absolute atomic E-state index is 0.0240. The van der Waals surface area contributed by atoms with Crippen LogP contribution in [0.5, 0.6) is 0 Å². The molecule has 1 aliphatic heterocycles. The monoisotopic (exact) mass is 710 g/mol. The Labute approximate surface area is 291 Å². The van der Waals surface area contributed by atoms with Crippen LogP contribution in [-0.2, 0) is 35.4 Å². The molecular weight excluding hydrogens is 681 g/mol. The van der Waals surface area contributed by atoms with Gasteiger partial charge in [0.25, 0.3) is 0 Å². The van der Waals surface area contributed by atoms with Gasteiger partial charge in [-0.25, -0.2) is 18.0 Å². The number of carbonyl (C=O) groups is 3. The van der Waals surface area contributed by atoms with Gasteiger partial charge in [-0.3, -0.25) is 9.59 Å². The summed E-state index contributed by atoms with van der Waals surface area (Å²) in [6.07, 6.45) is -1.40. The predicted octanol–water partition coefficient (Wildman–Crippen LogP) is 7.60. The molecule has 50 heavy (non-hydrogen) atoms. The lowest BCUT2D eigenvalue weighted by atomic mass is 9.96. The highest BCUT2D eigenvalue weighted by molar-refractivity contribution is 7.95. The Balaban J connectivity index is 0.990. The molecule has 0 saturated heterocycles. The minimum atomic E-state index is -4.15. The number of unbranched alkanes of at least 4 members (excludes halogenated alkanes) is 1. The SMILES string of the molecule is O=C(OCCCCOC(=O)OCc1sc2ccccc2c(=O)c1-c1ccccc1)OCC1=C(c2ccccc2)C(=O)c2ccccc2S1(=O)=O. The molecule has 0 N–H and O–H groups in total. The van der Waals surface area contributed by atoms with E-state index in [2.05, 4.69) is 0 Å². The van der Waals surface area contributed by atoms with Gasteiger partial charge in [0, 0.05) is 26.8 Å². The number of hydrogen-bond acceptors (Lipinski definition) is 11. The molecule has 1 aromatic heterocycles. The molecule has 2 heterocycles. The normalized spacial score (nSPS) is 13.4. The molecule has 6 rings (SSSR count). The number of hydrogen-bond donors (Lipinski definition) is 0. The van der Waals surface area contributed by atoms with Gasteiger partial charge in [-0.1, -0.05) is 84.9 Å². The lowest BCUT2D eigenvalue weighted by molar-refractivity contribution is 0.0435. The third-order valence-corrected chi connectivity index (χ3v) is 10.9. The molecule has 0 spiro atoms. The van der Waals surface area contributed by atoms with Crippen LogP contribution in [0.1, 0.15) is 33.6 Å². The third-order valence-electron chi connectivity index (χ3n) is 7.87. The lowest BCUT2D eigenvalue weighted by Crippen LogP contribution is -2.25. The number of carbonyl (C=O) groups excluding carboxylic acids is 3. The zero-order valence-corrected chi connectivity index (χ0v) is 28.2. The summed E-state index contributed by atoms with van der Waals surface area (Å²) in [4.78, 5) is 51.6. The molecule has 4 aromatic carbocycles. The summed E-state index contributed by atoms with van der Waals surface area (Å²) < 4.78 is 48.5. The summed E-state index contributed by atoms with van der Waals surface area (Å²) >= 11 is 1.36. The second kappa shape index (κ2) is 15.3. The van der Waals surface area contributed by atoms with Crippen molar-refractivity contribution in [2.45, 2.75) is 24.3 Å². The summed E-state index contributed by atoms with van der Waals surface area (Å²) in [5.74, 6) is -0.489. The Morgan fingerprint density at radius 3 is 1.86 bits per heavy atom. The van der Waals surface area contributed by atoms with Gasteiger partial charge in [-0.2, -0.15) is 0 Å². The molecule has 0 aliphatic carbocycles. The van der Waals surface area contributed by atoms with Crippen LogP contribution in [0, 0.1) is 0 Å². The van der Waals surface area contributed by atoms with E-state index in [1.54, 1.807) is 48.5 Å². The van der Waals surface area contributed by atoms with Crippen molar-refractivity contribution in [1.82, 2.24) is 0 Å². The van der Waals surface area contributed by atoms with Crippen LogP contribution in [0.2, 0.25) is 0 Å². The topological polar surface area (TPSA) is 139 Å². The van der Waals surface area contributed by atoms with Crippen LogP contribution in [0.15, 0.2) is 124 Å². The highest BCUT2D eigenvalue weighted by Crippen LogP contribution is 2.38. The van der Waals surface area contributed by atoms with Crippen molar-refractivity contribution in [3.63, 3.8) is 0 Å². The third kappa shape index (κ3) is 7.36. The van der Waals surface area contributed by atoms with E-state index in [9.17, 15) is 27.6 Å². The molecule has 254 valence electrons. The fourth-order valence-electron chi connectivity index (χ4n) is 5.50. The molecule has 0 atom stereocenters. The number of allylic oxidation sites excluding steroid dienone is 1. The fraction of sp³-hybridized carbons (Fsp3) is 0.158. The Bertz CT molecular complexity index is 2260. The highest BCUT2D eigenvalue weighted by Gasteiger charge is 2.38. The summed E-state index contributed by atoms with van der Waals surface area (Å²) in [6.45, 7) is -0.970. The number of sulfone groups is 1. The highest BCUT2D eigenvalue weighted by atomic mass is 32.2. The van der Waals surface area contributed by atoms with Gasteiger partial charge in [-0.15, -0.1) is 11.3 Å². The van der Waals surface area contributed by atoms with Crippen LogP contribution in [0.25, 0.3) is 26.8 Å². The van der Waals surface area contributed by atoms with Crippen molar-refractivity contribution in [1.29, 1.82) is 0 Å². The van der Waals surface area contributed by atoms with Crippen molar-refractivity contribution >= 4 is 54.9 Å². The zero-order valence-electron chi connectivity index (χ0n) is 26.5. The van der Waals surface area contributed by atoms with E-state index in [4.69, 9.17) is 18.9 Å². The van der Waals surface area contributed by atoms with Crippen molar-refractivity contribution in [3.05, 3.63) is 140 Å². The Kier molecular flexibility index (Phi) is 10.5. The molecule has 12 heteroatoms. The first-order chi connectivity index (χ1) is 24.3. The zero-order chi connectivity index (χ0) is 35.1. The van der Waals surface area contributed by atoms with Crippen LogP contribution in [-0.4, -0.2) is 46.3 Å². The van der Waals surface area contributed by atoms with E-state index >= 15 is 0 Å². The van der Waals surface area contributed by atoms with Gasteiger partial charge in [0.2, 0.25) is 9.84 Å². The molecule has 0 amide bonds. The van der Waals surface area contributed by atoms with Crippen LogP contribution < -0.4 is 5.43 Å². The minimum Gasteiger partial charge on any atom is -0.434 e. The maximum atomic E-state index is 13.5. The number of rotatable bonds is 11. The van der Waals surface area contributed by atoms with Crippen LogP contribution in [0.4, 0.5) is 9.59 Å². The second-order valence-electron chi connectivity index (χ2n) is 11.1. The van der Waals surface area contributed by atoms with Crippen molar-refractivity contribution in [3.8, 4) is 11.1 Å². The number of benzene rings is 4. The number of ketones is 1.